The number of imide groups is 1. The predicted octanol–water partition coefficient (Wildman–Crippen LogP) is 3.71. The van der Waals surface area contributed by atoms with Gasteiger partial charge in [-0.3, -0.25) is 19.5 Å². The molecule has 3 aromatic heterocycles. The number of thiophene rings is 1. The summed E-state index contributed by atoms with van der Waals surface area (Å²) in [5.74, 6) is 1.25. The van der Waals surface area contributed by atoms with E-state index in [0.29, 0.717) is 28.2 Å². The summed E-state index contributed by atoms with van der Waals surface area (Å²) in [7, 11) is 1.60. The van der Waals surface area contributed by atoms with Crippen LogP contribution in [0.3, 0.4) is 0 Å². The minimum atomic E-state index is -0.408. The Kier molecular flexibility index (Phi) is 6.48. The standard InChI is InChI=1S/C21H18N4O4S2/c1-28-15-6-2-5-14(11-15)19-23-24-21(25(19)12-16-7-3-9-29-16)31-13-18(26)22-20(27)17-8-4-10-30-17/h2-11H,12-13H2,1H3,(H,22,26,27). The molecule has 0 aliphatic rings. The van der Waals surface area contributed by atoms with Gasteiger partial charge < -0.3 is 9.15 Å². The summed E-state index contributed by atoms with van der Waals surface area (Å²) in [4.78, 5) is 24.8. The molecule has 1 N–H and O–H groups in total. The molecule has 0 aliphatic carbocycles. The summed E-state index contributed by atoms with van der Waals surface area (Å²) in [5.41, 5.74) is 0.822. The summed E-state index contributed by atoms with van der Waals surface area (Å²) >= 11 is 2.48. The van der Waals surface area contributed by atoms with Crippen molar-refractivity contribution in [1.82, 2.24) is 20.1 Å². The van der Waals surface area contributed by atoms with Crippen LogP contribution in [0.15, 0.2) is 69.7 Å². The van der Waals surface area contributed by atoms with Crippen LogP contribution in [0, 0.1) is 0 Å². The molecule has 1 aromatic carbocycles. The first-order valence-corrected chi connectivity index (χ1v) is 11.1. The molecule has 0 unspecified atom stereocenters. The Balaban J connectivity index is 1.53. The van der Waals surface area contributed by atoms with Gasteiger partial charge in [-0.05, 0) is 35.7 Å². The van der Waals surface area contributed by atoms with Crippen LogP contribution in [-0.4, -0.2) is 39.4 Å². The number of rotatable bonds is 8. The number of furan rings is 1. The molecular formula is C21H18N4O4S2. The van der Waals surface area contributed by atoms with Gasteiger partial charge in [-0.25, -0.2) is 0 Å². The molecule has 0 saturated heterocycles. The third kappa shape index (κ3) is 5.04. The van der Waals surface area contributed by atoms with E-state index in [4.69, 9.17) is 9.15 Å². The maximum atomic E-state index is 12.3. The van der Waals surface area contributed by atoms with Crippen molar-refractivity contribution < 1.29 is 18.7 Å². The van der Waals surface area contributed by atoms with Crippen LogP contribution in [0.25, 0.3) is 11.4 Å². The van der Waals surface area contributed by atoms with Gasteiger partial charge >= 0.3 is 0 Å². The van der Waals surface area contributed by atoms with Crippen LogP contribution in [-0.2, 0) is 11.3 Å². The van der Waals surface area contributed by atoms with Crippen molar-refractivity contribution in [3.63, 3.8) is 0 Å². The summed E-state index contributed by atoms with van der Waals surface area (Å²) in [6, 6.07) is 14.6. The van der Waals surface area contributed by atoms with Gasteiger partial charge in [0.15, 0.2) is 11.0 Å². The minimum Gasteiger partial charge on any atom is -0.497 e. The van der Waals surface area contributed by atoms with Crippen LogP contribution >= 0.6 is 23.1 Å². The Morgan fingerprint density at radius 2 is 2.10 bits per heavy atom. The van der Waals surface area contributed by atoms with Crippen molar-refractivity contribution in [3.05, 3.63) is 70.8 Å². The Morgan fingerprint density at radius 1 is 1.19 bits per heavy atom. The highest BCUT2D eigenvalue weighted by atomic mass is 32.2. The second-order valence-corrected chi connectivity index (χ2v) is 8.24. The van der Waals surface area contributed by atoms with Crippen LogP contribution < -0.4 is 10.1 Å². The number of nitrogens with one attached hydrogen (secondary N) is 1. The van der Waals surface area contributed by atoms with E-state index in [1.165, 1.54) is 23.1 Å². The quantitative estimate of drug-likeness (QED) is 0.405. The number of methoxy groups -OCH3 is 1. The number of carbonyl (C=O) groups excluding carboxylic acids is 2. The average Bonchev–Trinajstić information content (AvgIpc) is 3.55. The van der Waals surface area contributed by atoms with E-state index in [-0.39, 0.29) is 5.75 Å². The number of carbonyl (C=O) groups is 2. The Bertz CT molecular complexity index is 1170. The first-order chi connectivity index (χ1) is 15.1. The van der Waals surface area contributed by atoms with Crippen molar-refractivity contribution in [2.24, 2.45) is 0 Å². The smallest absolute Gasteiger partial charge is 0.267 e. The third-order valence-electron chi connectivity index (χ3n) is 4.27. The average molecular weight is 455 g/mol. The molecule has 158 valence electrons. The second-order valence-electron chi connectivity index (χ2n) is 6.35. The Labute approximate surface area is 186 Å². The van der Waals surface area contributed by atoms with Gasteiger partial charge in [0.2, 0.25) is 5.91 Å². The lowest BCUT2D eigenvalue weighted by molar-refractivity contribution is -0.117. The van der Waals surface area contributed by atoms with E-state index in [1.54, 1.807) is 37.0 Å². The fourth-order valence-electron chi connectivity index (χ4n) is 2.83. The minimum absolute atomic E-state index is 0.0194. The monoisotopic (exact) mass is 454 g/mol. The normalized spacial score (nSPS) is 10.7. The molecule has 0 saturated carbocycles. The summed E-state index contributed by atoms with van der Waals surface area (Å²) < 4.78 is 12.7. The fraction of sp³-hybridized carbons (Fsp3) is 0.143. The summed E-state index contributed by atoms with van der Waals surface area (Å²) in [6.07, 6.45) is 1.60. The van der Waals surface area contributed by atoms with Crippen LogP contribution in [0.4, 0.5) is 0 Å². The molecule has 10 heteroatoms. The molecule has 4 rings (SSSR count). The number of thioether (sulfide) groups is 1. The van der Waals surface area contributed by atoms with Crippen molar-refractivity contribution in [1.29, 1.82) is 0 Å². The molecule has 0 aliphatic heterocycles. The van der Waals surface area contributed by atoms with Crippen molar-refractivity contribution in [3.8, 4) is 17.1 Å². The van der Waals surface area contributed by atoms with Crippen molar-refractivity contribution in [2.75, 3.05) is 12.9 Å². The van der Waals surface area contributed by atoms with Gasteiger partial charge in [0.25, 0.3) is 5.91 Å². The van der Waals surface area contributed by atoms with E-state index in [0.717, 1.165) is 11.3 Å². The SMILES string of the molecule is COc1cccc(-c2nnc(SCC(=O)NC(=O)c3cccs3)n2Cc2ccco2)c1. The molecule has 4 aromatic rings. The van der Waals surface area contributed by atoms with Gasteiger partial charge in [-0.2, -0.15) is 0 Å². The second kappa shape index (κ2) is 9.63. The molecule has 0 spiro atoms. The summed E-state index contributed by atoms with van der Waals surface area (Å²) in [6.45, 7) is 0.393. The largest absolute Gasteiger partial charge is 0.497 e. The molecular weight excluding hydrogens is 436 g/mol. The zero-order valence-electron chi connectivity index (χ0n) is 16.5. The molecule has 0 bridgehead atoms. The van der Waals surface area contributed by atoms with E-state index in [1.807, 2.05) is 34.9 Å². The lowest BCUT2D eigenvalue weighted by atomic mass is 10.2. The highest BCUT2D eigenvalue weighted by Gasteiger charge is 2.18. The first kappa shape index (κ1) is 20.9. The predicted molar refractivity (Wildman–Crippen MR) is 117 cm³/mol. The zero-order valence-corrected chi connectivity index (χ0v) is 18.1. The summed E-state index contributed by atoms with van der Waals surface area (Å²) in [5, 5.41) is 13.3. The van der Waals surface area contributed by atoms with Crippen LogP contribution in [0.1, 0.15) is 15.4 Å². The molecule has 3 heterocycles. The van der Waals surface area contributed by atoms with Crippen LogP contribution in [0.5, 0.6) is 5.75 Å². The maximum Gasteiger partial charge on any atom is 0.267 e. The van der Waals surface area contributed by atoms with E-state index in [2.05, 4.69) is 15.5 Å². The number of hydrogen-bond donors (Lipinski definition) is 1. The highest BCUT2D eigenvalue weighted by molar-refractivity contribution is 7.99. The third-order valence-corrected chi connectivity index (χ3v) is 6.10. The van der Waals surface area contributed by atoms with Crippen molar-refractivity contribution >= 4 is 34.9 Å². The number of amides is 2. The first-order valence-electron chi connectivity index (χ1n) is 9.24. The highest BCUT2D eigenvalue weighted by Crippen LogP contribution is 2.27. The Hall–Kier alpha value is -3.37. The zero-order chi connectivity index (χ0) is 21.6. The van der Waals surface area contributed by atoms with E-state index >= 15 is 0 Å². The van der Waals surface area contributed by atoms with E-state index in [9.17, 15) is 9.59 Å². The fourth-order valence-corrected chi connectivity index (χ4v) is 4.19. The van der Waals surface area contributed by atoms with Crippen LogP contribution in [0.2, 0.25) is 0 Å². The molecule has 0 fully saturated rings. The number of hydrogen-bond acceptors (Lipinski definition) is 8. The van der Waals surface area contributed by atoms with Gasteiger partial charge in [0.1, 0.15) is 11.5 Å². The molecule has 0 radical (unpaired) electrons. The number of benzene rings is 1. The maximum absolute atomic E-state index is 12.3. The lowest BCUT2D eigenvalue weighted by Gasteiger charge is -2.09. The number of aromatic nitrogens is 3. The van der Waals surface area contributed by atoms with Gasteiger partial charge in [0, 0.05) is 5.56 Å². The Morgan fingerprint density at radius 3 is 2.84 bits per heavy atom. The van der Waals surface area contributed by atoms with Crippen molar-refractivity contribution in [2.45, 2.75) is 11.7 Å². The number of nitrogens with zero attached hydrogens (tertiary/aromatic N) is 3. The van der Waals surface area contributed by atoms with Gasteiger partial charge in [-0.15, -0.1) is 21.5 Å². The molecule has 0 atom stereocenters. The topological polar surface area (TPSA) is 99.3 Å². The van der Waals surface area contributed by atoms with Gasteiger partial charge in [0.05, 0.1) is 30.5 Å². The van der Waals surface area contributed by atoms with E-state index < -0.39 is 11.8 Å². The number of ether oxygens (including phenoxy) is 1. The molecule has 31 heavy (non-hydrogen) atoms. The molecule has 8 nitrogen and oxygen atoms in total. The van der Waals surface area contributed by atoms with Gasteiger partial charge in [-0.1, -0.05) is 30.0 Å². The molecule has 2 amide bonds. The lowest BCUT2D eigenvalue weighted by Crippen LogP contribution is -2.31.